The van der Waals surface area contributed by atoms with E-state index in [0.717, 1.165) is 4.90 Å². The zero-order valence-corrected chi connectivity index (χ0v) is 8.19. The number of amides is 4. The van der Waals surface area contributed by atoms with Gasteiger partial charge in [-0.3, -0.25) is 19.6 Å². The lowest BCUT2D eigenvalue weighted by molar-refractivity contribution is -0.128. The van der Waals surface area contributed by atoms with Gasteiger partial charge in [-0.05, 0) is 0 Å². The molecular formula is C8H9N5O3. The Morgan fingerprint density at radius 2 is 2.38 bits per heavy atom. The second-order valence-corrected chi connectivity index (χ2v) is 3.16. The van der Waals surface area contributed by atoms with Crippen molar-refractivity contribution < 1.29 is 14.4 Å². The van der Waals surface area contributed by atoms with Gasteiger partial charge in [-0.2, -0.15) is 5.10 Å². The summed E-state index contributed by atoms with van der Waals surface area (Å²) in [6.45, 7) is -0.361. The van der Waals surface area contributed by atoms with Crippen LogP contribution in [0.5, 0.6) is 0 Å². The lowest BCUT2D eigenvalue weighted by Gasteiger charge is -2.11. The maximum absolute atomic E-state index is 11.4. The Kier molecular flexibility index (Phi) is 2.54. The third-order valence-electron chi connectivity index (χ3n) is 2.01. The van der Waals surface area contributed by atoms with Crippen molar-refractivity contribution in [2.45, 2.75) is 0 Å². The largest absolute Gasteiger partial charge is 0.329 e. The first kappa shape index (κ1) is 10.1. The first-order chi connectivity index (χ1) is 7.66. The van der Waals surface area contributed by atoms with E-state index < -0.39 is 17.8 Å². The summed E-state index contributed by atoms with van der Waals surface area (Å²) < 4.78 is 0. The van der Waals surface area contributed by atoms with Crippen LogP contribution in [0.2, 0.25) is 0 Å². The summed E-state index contributed by atoms with van der Waals surface area (Å²) in [6.07, 6.45) is 1.48. The van der Waals surface area contributed by atoms with Gasteiger partial charge < -0.3 is 10.6 Å². The second-order valence-electron chi connectivity index (χ2n) is 3.16. The molecule has 0 spiro atoms. The van der Waals surface area contributed by atoms with Crippen molar-refractivity contribution in [2.24, 2.45) is 0 Å². The average molecular weight is 223 g/mol. The molecule has 2 heterocycles. The molecule has 1 fully saturated rings. The molecule has 0 aliphatic carbocycles. The summed E-state index contributed by atoms with van der Waals surface area (Å²) in [6, 6.07) is 1.01. The molecule has 0 aromatic carbocycles. The fourth-order valence-electron chi connectivity index (χ4n) is 1.27. The summed E-state index contributed by atoms with van der Waals surface area (Å²) in [4.78, 5) is 34.6. The number of H-pyrrole nitrogens is 1. The van der Waals surface area contributed by atoms with Crippen LogP contribution >= 0.6 is 0 Å². The fourth-order valence-corrected chi connectivity index (χ4v) is 1.27. The molecule has 1 aliphatic heterocycles. The number of urea groups is 1. The molecule has 0 saturated carbocycles. The van der Waals surface area contributed by atoms with Crippen molar-refractivity contribution in [3.05, 3.63) is 12.3 Å². The smallest absolute Gasteiger partial charge is 0.325 e. The summed E-state index contributed by atoms with van der Waals surface area (Å²) in [5.74, 6) is -0.462. The molecule has 84 valence electrons. The van der Waals surface area contributed by atoms with Crippen molar-refractivity contribution in [3.63, 3.8) is 0 Å². The molecule has 1 aromatic heterocycles. The van der Waals surface area contributed by atoms with Crippen LogP contribution in [0.4, 0.5) is 10.6 Å². The van der Waals surface area contributed by atoms with Gasteiger partial charge in [0.05, 0.1) is 12.7 Å². The number of carbonyl (C=O) groups is 3. The summed E-state index contributed by atoms with van der Waals surface area (Å²) >= 11 is 0. The van der Waals surface area contributed by atoms with E-state index in [1.807, 2.05) is 0 Å². The Labute approximate surface area is 90.0 Å². The molecule has 4 amide bonds. The van der Waals surface area contributed by atoms with Gasteiger partial charge in [-0.15, -0.1) is 0 Å². The van der Waals surface area contributed by atoms with Gasteiger partial charge in [-0.25, -0.2) is 4.79 Å². The minimum absolute atomic E-state index is 0.0594. The molecule has 16 heavy (non-hydrogen) atoms. The van der Waals surface area contributed by atoms with Crippen molar-refractivity contribution >= 4 is 23.7 Å². The number of nitrogens with one attached hydrogen (secondary N) is 3. The zero-order valence-electron chi connectivity index (χ0n) is 8.19. The van der Waals surface area contributed by atoms with Crippen LogP contribution in [-0.4, -0.2) is 46.0 Å². The number of hydrogen-bond acceptors (Lipinski definition) is 4. The Bertz CT molecular complexity index is 411. The normalized spacial score (nSPS) is 15.1. The van der Waals surface area contributed by atoms with E-state index in [1.54, 1.807) is 6.07 Å². The molecule has 8 nitrogen and oxygen atoms in total. The van der Waals surface area contributed by atoms with Crippen LogP contribution in [0.3, 0.4) is 0 Å². The minimum Gasteiger partial charge on any atom is -0.329 e. The van der Waals surface area contributed by atoms with Crippen molar-refractivity contribution in [2.75, 3.05) is 18.4 Å². The Morgan fingerprint density at radius 3 is 2.94 bits per heavy atom. The monoisotopic (exact) mass is 223 g/mol. The quantitative estimate of drug-likeness (QED) is 0.565. The number of imide groups is 1. The highest BCUT2D eigenvalue weighted by molar-refractivity contribution is 6.06. The molecule has 1 saturated heterocycles. The number of aromatic amines is 1. The molecule has 1 aromatic rings. The van der Waals surface area contributed by atoms with Gasteiger partial charge in [-0.1, -0.05) is 0 Å². The van der Waals surface area contributed by atoms with Gasteiger partial charge in [0.1, 0.15) is 12.4 Å². The van der Waals surface area contributed by atoms with E-state index in [0.29, 0.717) is 5.82 Å². The highest BCUT2D eigenvalue weighted by atomic mass is 16.2. The van der Waals surface area contributed by atoms with E-state index in [-0.39, 0.29) is 13.1 Å². The van der Waals surface area contributed by atoms with Gasteiger partial charge >= 0.3 is 6.03 Å². The number of aromatic nitrogens is 2. The molecule has 1 aliphatic rings. The van der Waals surface area contributed by atoms with E-state index >= 15 is 0 Å². The average Bonchev–Trinajstić information content (AvgIpc) is 2.83. The molecule has 0 bridgehead atoms. The zero-order chi connectivity index (χ0) is 11.5. The summed E-state index contributed by atoms with van der Waals surface area (Å²) in [5, 5.41) is 10.9. The van der Waals surface area contributed by atoms with Crippen molar-refractivity contribution in [1.82, 2.24) is 20.4 Å². The highest BCUT2D eigenvalue weighted by Crippen LogP contribution is 2.01. The fraction of sp³-hybridized carbons (Fsp3) is 0.250. The van der Waals surface area contributed by atoms with Crippen molar-refractivity contribution in [3.8, 4) is 0 Å². The van der Waals surface area contributed by atoms with Crippen molar-refractivity contribution in [1.29, 1.82) is 0 Å². The first-order valence-corrected chi connectivity index (χ1v) is 4.54. The number of hydrogen-bond donors (Lipinski definition) is 3. The third-order valence-corrected chi connectivity index (χ3v) is 2.01. The Morgan fingerprint density at radius 1 is 1.56 bits per heavy atom. The van der Waals surface area contributed by atoms with Crippen LogP contribution in [-0.2, 0) is 9.59 Å². The topological polar surface area (TPSA) is 107 Å². The van der Waals surface area contributed by atoms with Crippen LogP contribution in [0.25, 0.3) is 0 Å². The lowest BCUT2D eigenvalue weighted by Crippen LogP contribution is -2.38. The molecular weight excluding hydrogens is 214 g/mol. The predicted octanol–water partition coefficient (Wildman–Crippen LogP) is -1.10. The highest BCUT2D eigenvalue weighted by Gasteiger charge is 2.30. The SMILES string of the molecule is O=C(CN1C(=O)CNC1=O)Nc1ccn[nH]1. The van der Waals surface area contributed by atoms with Gasteiger partial charge in [0.25, 0.3) is 5.91 Å². The lowest BCUT2D eigenvalue weighted by atomic mass is 10.4. The van der Waals surface area contributed by atoms with Gasteiger partial charge in [0.15, 0.2) is 0 Å². The van der Waals surface area contributed by atoms with Crippen LogP contribution in [0.15, 0.2) is 12.3 Å². The summed E-state index contributed by atoms with van der Waals surface area (Å²) in [7, 11) is 0. The standard InChI is InChI=1S/C8H9N5O3/c14-6(11-5-1-2-10-12-5)4-13-7(15)3-9-8(13)16/h1-2H,3-4H2,(H,9,16)(H2,10,11,12,14). The first-order valence-electron chi connectivity index (χ1n) is 4.54. The number of carbonyl (C=O) groups excluding carboxylic acids is 3. The number of anilines is 1. The second kappa shape index (κ2) is 4.01. The molecule has 8 heteroatoms. The van der Waals surface area contributed by atoms with E-state index in [1.165, 1.54) is 6.20 Å². The molecule has 3 N–H and O–H groups in total. The maximum Gasteiger partial charge on any atom is 0.325 e. The predicted molar refractivity (Wildman–Crippen MR) is 52.3 cm³/mol. The van der Waals surface area contributed by atoms with Crippen LogP contribution in [0.1, 0.15) is 0 Å². The maximum atomic E-state index is 11.4. The van der Waals surface area contributed by atoms with Crippen LogP contribution in [0, 0.1) is 0 Å². The van der Waals surface area contributed by atoms with Gasteiger partial charge in [0, 0.05) is 6.07 Å². The van der Waals surface area contributed by atoms with Crippen LogP contribution < -0.4 is 10.6 Å². The summed E-state index contributed by atoms with van der Waals surface area (Å²) in [5.41, 5.74) is 0. The van der Waals surface area contributed by atoms with E-state index in [4.69, 9.17) is 0 Å². The van der Waals surface area contributed by atoms with Gasteiger partial charge in [0.2, 0.25) is 5.91 Å². The molecule has 0 radical (unpaired) electrons. The molecule has 0 atom stereocenters. The third kappa shape index (κ3) is 2.00. The Balaban J connectivity index is 1.92. The minimum atomic E-state index is -0.551. The molecule has 0 unspecified atom stereocenters. The number of rotatable bonds is 3. The van der Waals surface area contributed by atoms with E-state index in [9.17, 15) is 14.4 Å². The Hall–Kier alpha value is -2.38. The van der Waals surface area contributed by atoms with E-state index in [2.05, 4.69) is 20.8 Å². The molecule has 2 rings (SSSR count). The number of nitrogens with zero attached hydrogens (tertiary/aromatic N) is 2.